The summed E-state index contributed by atoms with van der Waals surface area (Å²) in [5.41, 5.74) is 1.87. The maximum Gasteiger partial charge on any atom is 0.141 e. The molecule has 0 bridgehead atoms. The zero-order chi connectivity index (χ0) is 15.4. The van der Waals surface area contributed by atoms with Crippen molar-refractivity contribution >= 4 is 5.82 Å². The molecule has 1 fully saturated rings. The molecule has 1 aliphatic rings. The molecule has 5 nitrogen and oxygen atoms in total. The first-order chi connectivity index (χ1) is 10.7. The number of nitrogens with one attached hydrogen (secondary N) is 1. The summed E-state index contributed by atoms with van der Waals surface area (Å²) in [6.45, 7) is 4.62. The van der Waals surface area contributed by atoms with Crippen LogP contribution >= 0.6 is 0 Å². The molecule has 1 saturated heterocycles. The molecule has 3 rings (SSSR count). The van der Waals surface area contributed by atoms with Crippen LogP contribution in [-0.2, 0) is 6.54 Å². The monoisotopic (exact) mass is 301 g/mol. The van der Waals surface area contributed by atoms with Crippen molar-refractivity contribution in [3.05, 3.63) is 47.9 Å². The second-order valence-corrected chi connectivity index (χ2v) is 5.77. The minimum Gasteiger partial charge on any atom is -0.366 e. The van der Waals surface area contributed by atoms with Crippen LogP contribution in [0, 0.1) is 12.7 Å². The van der Waals surface area contributed by atoms with Gasteiger partial charge in [0.25, 0.3) is 0 Å². The largest absolute Gasteiger partial charge is 0.366 e. The molecule has 1 unspecified atom stereocenters. The van der Waals surface area contributed by atoms with Crippen LogP contribution in [0.5, 0.6) is 0 Å². The van der Waals surface area contributed by atoms with Gasteiger partial charge in [0.05, 0.1) is 6.20 Å². The van der Waals surface area contributed by atoms with Crippen LogP contribution in [0.15, 0.2) is 30.9 Å². The molecule has 0 aliphatic carbocycles. The molecule has 6 heteroatoms. The first-order valence-electron chi connectivity index (χ1n) is 7.56. The van der Waals surface area contributed by atoms with E-state index >= 15 is 0 Å². The van der Waals surface area contributed by atoms with Gasteiger partial charge < -0.3 is 5.32 Å². The van der Waals surface area contributed by atoms with E-state index in [0.29, 0.717) is 6.04 Å². The number of likely N-dealkylation sites (tertiary alicyclic amines) is 1. The normalized spacial score (nSPS) is 19.1. The Bertz CT molecular complexity index is 580. The quantitative estimate of drug-likeness (QED) is 0.940. The zero-order valence-corrected chi connectivity index (χ0v) is 12.7. The standard InChI is InChI=1S/C16H20FN5/c1-12-5-16(20-11-19-12)21-15-3-2-4-22(10-15)9-13-6-14(17)8-18-7-13/h5-8,11,15H,2-4,9-10H2,1H3,(H,19,20,21). The van der Waals surface area contributed by atoms with Gasteiger partial charge in [0.15, 0.2) is 0 Å². The Morgan fingerprint density at radius 1 is 1.32 bits per heavy atom. The summed E-state index contributed by atoms with van der Waals surface area (Å²) in [6.07, 6.45) is 6.78. The summed E-state index contributed by atoms with van der Waals surface area (Å²) in [5, 5.41) is 3.47. The summed E-state index contributed by atoms with van der Waals surface area (Å²) in [5.74, 6) is 0.590. The van der Waals surface area contributed by atoms with Gasteiger partial charge in [-0.1, -0.05) is 0 Å². The van der Waals surface area contributed by atoms with Crippen molar-refractivity contribution in [1.82, 2.24) is 19.9 Å². The number of hydrogen-bond acceptors (Lipinski definition) is 5. The van der Waals surface area contributed by atoms with E-state index in [2.05, 4.69) is 25.2 Å². The van der Waals surface area contributed by atoms with Gasteiger partial charge in [-0.3, -0.25) is 9.88 Å². The molecule has 3 heterocycles. The summed E-state index contributed by atoms with van der Waals surface area (Å²) in [6, 6.07) is 3.86. The van der Waals surface area contributed by atoms with Gasteiger partial charge in [-0.25, -0.2) is 14.4 Å². The van der Waals surface area contributed by atoms with Gasteiger partial charge >= 0.3 is 0 Å². The number of aryl methyl sites for hydroxylation is 1. The summed E-state index contributed by atoms with van der Waals surface area (Å²) < 4.78 is 13.2. The van der Waals surface area contributed by atoms with Crippen LogP contribution in [0.3, 0.4) is 0 Å². The van der Waals surface area contributed by atoms with Crippen molar-refractivity contribution in [1.29, 1.82) is 0 Å². The lowest BCUT2D eigenvalue weighted by atomic mass is 10.0. The van der Waals surface area contributed by atoms with Gasteiger partial charge in [0.2, 0.25) is 0 Å². The Balaban J connectivity index is 1.59. The molecular weight excluding hydrogens is 281 g/mol. The molecule has 2 aromatic rings. The van der Waals surface area contributed by atoms with E-state index in [4.69, 9.17) is 0 Å². The molecular formula is C16H20FN5. The van der Waals surface area contributed by atoms with Crippen molar-refractivity contribution in [2.45, 2.75) is 32.4 Å². The highest BCUT2D eigenvalue weighted by molar-refractivity contribution is 5.35. The minimum atomic E-state index is -0.277. The molecule has 1 atom stereocenters. The summed E-state index contributed by atoms with van der Waals surface area (Å²) in [4.78, 5) is 14.6. The maximum atomic E-state index is 13.2. The Labute approximate surface area is 129 Å². The van der Waals surface area contributed by atoms with Crippen LogP contribution in [0.4, 0.5) is 10.2 Å². The number of piperidine rings is 1. The van der Waals surface area contributed by atoms with E-state index in [1.54, 1.807) is 18.6 Å². The van der Waals surface area contributed by atoms with E-state index in [1.165, 1.54) is 6.20 Å². The molecule has 22 heavy (non-hydrogen) atoms. The molecule has 1 aliphatic heterocycles. The number of pyridine rings is 1. The van der Waals surface area contributed by atoms with Crippen molar-refractivity contribution in [3.63, 3.8) is 0 Å². The summed E-state index contributed by atoms with van der Waals surface area (Å²) >= 11 is 0. The second kappa shape index (κ2) is 6.79. The van der Waals surface area contributed by atoms with Gasteiger partial charge in [0.1, 0.15) is 18.0 Å². The predicted molar refractivity (Wildman–Crippen MR) is 82.9 cm³/mol. The highest BCUT2D eigenvalue weighted by Gasteiger charge is 2.20. The number of hydrogen-bond donors (Lipinski definition) is 1. The average Bonchev–Trinajstić information content (AvgIpc) is 2.47. The van der Waals surface area contributed by atoms with Gasteiger partial charge in [0, 0.05) is 37.1 Å². The van der Waals surface area contributed by atoms with E-state index in [1.807, 2.05) is 13.0 Å². The number of halogens is 1. The lowest BCUT2D eigenvalue weighted by Gasteiger charge is -2.33. The smallest absolute Gasteiger partial charge is 0.141 e. The zero-order valence-electron chi connectivity index (χ0n) is 12.7. The third kappa shape index (κ3) is 3.98. The number of rotatable bonds is 4. The second-order valence-electron chi connectivity index (χ2n) is 5.77. The number of anilines is 1. The van der Waals surface area contributed by atoms with Gasteiger partial charge in [-0.2, -0.15) is 0 Å². The van der Waals surface area contributed by atoms with Crippen molar-refractivity contribution in [2.24, 2.45) is 0 Å². The van der Waals surface area contributed by atoms with E-state index < -0.39 is 0 Å². The van der Waals surface area contributed by atoms with Crippen molar-refractivity contribution < 1.29 is 4.39 Å². The fourth-order valence-corrected chi connectivity index (χ4v) is 2.86. The Hall–Kier alpha value is -2.08. The van der Waals surface area contributed by atoms with Crippen LogP contribution in [-0.4, -0.2) is 39.0 Å². The predicted octanol–water partition coefficient (Wildman–Crippen LogP) is 2.40. The molecule has 0 saturated carbocycles. The third-order valence-electron chi connectivity index (χ3n) is 3.83. The Kier molecular flexibility index (Phi) is 4.58. The third-order valence-corrected chi connectivity index (χ3v) is 3.83. The molecule has 0 aromatic carbocycles. The lowest BCUT2D eigenvalue weighted by molar-refractivity contribution is 0.208. The van der Waals surface area contributed by atoms with Crippen LogP contribution in [0.2, 0.25) is 0 Å². The maximum absolute atomic E-state index is 13.2. The minimum absolute atomic E-state index is 0.277. The Morgan fingerprint density at radius 2 is 2.23 bits per heavy atom. The van der Waals surface area contributed by atoms with Crippen LogP contribution < -0.4 is 5.32 Å². The SMILES string of the molecule is Cc1cc(NC2CCCN(Cc3cncc(F)c3)C2)ncn1. The molecule has 0 spiro atoms. The first-order valence-corrected chi connectivity index (χ1v) is 7.56. The van der Waals surface area contributed by atoms with Crippen LogP contribution in [0.1, 0.15) is 24.1 Å². The van der Waals surface area contributed by atoms with Crippen molar-refractivity contribution in [2.75, 3.05) is 18.4 Å². The number of aromatic nitrogens is 3. The van der Waals surface area contributed by atoms with E-state index in [-0.39, 0.29) is 5.82 Å². The van der Waals surface area contributed by atoms with Gasteiger partial charge in [-0.15, -0.1) is 0 Å². The molecule has 116 valence electrons. The van der Waals surface area contributed by atoms with E-state index in [0.717, 1.165) is 49.6 Å². The molecule has 1 N–H and O–H groups in total. The molecule has 0 radical (unpaired) electrons. The van der Waals surface area contributed by atoms with Crippen molar-refractivity contribution in [3.8, 4) is 0 Å². The molecule has 0 amide bonds. The Morgan fingerprint density at radius 3 is 3.05 bits per heavy atom. The fourth-order valence-electron chi connectivity index (χ4n) is 2.86. The fraction of sp³-hybridized carbons (Fsp3) is 0.438. The van der Waals surface area contributed by atoms with Crippen LogP contribution in [0.25, 0.3) is 0 Å². The summed E-state index contributed by atoms with van der Waals surface area (Å²) in [7, 11) is 0. The number of nitrogens with zero attached hydrogens (tertiary/aromatic N) is 4. The average molecular weight is 301 g/mol. The van der Waals surface area contributed by atoms with Gasteiger partial charge in [-0.05, 0) is 37.9 Å². The lowest BCUT2D eigenvalue weighted by Crippen LogP contribution is -2.41. The molecule has 2 aromatic heterocycles. The highest BCUT2D eigenvalue weighted by atomic mass is 19.1. The first kappa shape index (κ1) is 14.8. The topological polar surface area (TPSA) is 53.9 Å². The van der Waals surface area contributed by atoms with E-state index in [9.17, 15) is 4.39 Å². The highest BCUT2D eigenvalue weighted by Crippen LogP contribution is 2.17.